The van der Waals surface area contributed by atoms with E-state index in [1.807, 2.05) is 0 Å². The van der Waals surface area contributed by atoms with Gasteiger partial charge in [-0.05, 0) is 19.3 Å². The van der Waals surface area contributed by atoms with Crippen LogP contribution in [0.4, 0.5) is 0 Å². The minimum absolute atomic E-state index is 0.172. The Morgan fingerprint density at radius 2 is 2.59 bits per heavy atom. The maximum Gasteiger partial charge on any atom is 0.253 e. The predicted molar refractivity (Wildman–Crippen MR) is 66.6 cm³/mol. The van der Waals surface area contributed by atoms with Crippen LogP contribution in [0.5, 0.6) is 0 Å². The van der Waals surface area contributed by atoms with Crippen LogP contribution >= 0.6 is 22.9 Å². The number of nitrogens with one attached hydrogen (secondary N) is 1. The van der Waals surface area contributed by atoms with Crippen LogP contribution in [0.15, 0.2) is 18.1 Å². The van der Waals surface area contributed by atoms with Gasteiger partial charge in [0.2, 0.25) is 0 Å². The number of aromatic nitrogens is 1. The van der Waals surface area contributed by atoms with Gasteiger partial charge in [0.25, 0.3) is 6.20 Å². The molecule has 1 fully saturated rings. The molecule has 0 amide bonds. The largest absolute Gasteiger partial charge is 0.383 e. The van der Waals surface area contributed by atoms with E-state index >= 15 is 0 Å². The Morgan fingerprint density at radius 3 is 3.24 bits per heavy atom. The molecule has 7 heteroatoms. The summed E-state index contributed by atoms with van der Waals surface area (Å²) in [5.74, 6) is 0.172. The van der Waals surface area contributed by atoms with Crippen LogP contribution in [-0.2, 0) is 6.42 Å². The van der Waals surface area contributed by atoms with Crippen molar-refractivity contribution in [3.63, 3.8) is 0 Å². The number of nitrogens with zero attached hydrogens (tertiary/aromatic N) is 2. The van der Waals surface area contributed by atoms with Gasteiger partial charge in [-0.15, -0.1) is 11.3 Å². The summed E-state index contributed by atoms with van der Waals surface area (Å²) >= 11 is 7.20. The van der Waals surface area contributed by atoms with Gasteiger partial charge in [0.1, 0.15) is 0 Å². The fraction of sp³-hybridized carbons (Fsp3) is 0.500. The number of rotatable bonds is 3. The Morgan fingerprint density at radius 1 is 1.76 bits per heavy atom. The third kappa shape index (κ3) is 3.41. The van der Waals surface area contributed by atoms with Crippen molar-refractivity contribution in [2.75, 3.05) is 6.54 Å². The van der Waals surface area contributed by atoms with Gasteiger partial charge in [-0.25, -0.2) is 4.98 Å². The van der Waals surface area contributed by atoms with Crippen molar-refractivity contribution in [2.45, 2.75) is 19.3 Å². The number of nitro groups is 1. The maximum absolute atomic E-state index is 10.5. The van der Waals surface area contributed by atoms with Gasteiger partial charge in [0.15, 0.2) is 4.47 Å². The van der Waals surface area contributed by atoms with E-state index in [2.05, 4.69) is 10.3 Å². The van der Waals surface area contributed by atoms with Crippen LogP contribution in [0, 0.1) is 16.0 Å². The van der Waals surface area contributed by atoms with E-state index < -0.39 is 4.92 Å². The third-order valence-electron chi connectivity index (χ3n) is 2.72. The van der Waals surface area contributed by atoms with E-state index in [0.717, 1.165) is 36.9 Å². The van der Waals surface area contributed by atoms with Crippen molar-refractivity contribution in [3.05, 3.63) is 37.6 Å². The van der Waals surface area contributed by atoms with Crippen LogP contribution in [0.3, 0.4) is 0 Å². The molecule has 2 heterocycles. The number of allylic oxidation sites excluding steroid dienone is 1. The first kappa shape index (κ1) is 12.3. The monoisotopic (exact) mass is 273 g/mol. The number of hydrogen-bond acceptors (Lipinski definition) is 5. The second kappa shape index (κ2) is 5.46. The summed E-state index contributed by atoms with van der Waals surface area (Å²) in [6.45, 7) is 0.805. The number of piperidine rings is 1. The first-order valence-corrected chi connectivity index (χ1v) is 6.54. The molecule has 0 radical (unpaired) electrons. The summed E-state index contributed by atoms with van der Waals surface area (Å²) in [6, 6.07) is 0. The van der Waals surface area contributed by atoms with Crippen LogP contribution in [-0.4, -0.2) is 16.5 Å². The SMILES string of the molecule is O=[N+]([O-])C=C1NCCCC1Cc1cnc(Cl)s1. The number of thiazole rings is 1. The second-order valence-corrected chi connectivity index (χ2v) is 5.62. The molecule has 1 aromatic rings. The van der Waals surface area contributed by atoms with E-state index in [-0.39, 0.29) is 5.92 Å². The van der Waals surface area contributed by atoms with Crippen molar-refractivity contribution < 1.29 is 4.92 Å². The van der Waals surface area contributed by atoms with Crippen molar-refractivity contribution in [3.8, 4) is 0 Å². The zero-order valence-corrected chi connectivity index (χ0v) is 10.6. The van der Waals surface area contributed by atoms with Crippen LogP contribution < -0.4 is 5.32 Å². The quantitative estimate of drug-likeness (QED) is 0.678. The average Bonchev–Trinajstić information content (AvgIpc) is 2.66. The highest BCUT2D eigenvalue weighted by Crippen LogP contribution is 2.27. The van der Waals surface area contributed by atoms with Gasteiger partial charge in [-0.3, -0.25) is 10.1 Å². The molecule has 0 spiro atoms. The third-order valence-corrected chi connectivity index (χ3v) is 3.85. The fourth-order valence-electron chi connectivity index (χ4n) is 1.98. The highest BCUT2D eigenvalue weighted by molar-refractivity contribution is 7.15. The van der Waals surface area contributed by atoms with Crippen LogP contribution in [0.1, 0.15) is 17.7 Å². The summed E-state index contributed by atoms with van der Waals surface area (Å²) in [6.07, 6.45) is 5.57. The molecule has 0 bridgehead atoms. The highest BCUT2D eigenvalue weighted by atomic mass is 35.5. The summed E-state index contributed by atoms with van der Waals surface area (Å²) in [4.78, 5) is 15.2. The normalized spacial score (nSPS) is 22.4. The van der Waals surface area contributed by atoms with Gasteiger partial charge < -0.3 is 5.32 Å². The minimum Gasteiger partial charge on any atom is -0.383 e. The van der Waals surface area contributed by atoms with E-state index in [1.165, 1.54) is 11.3 Å². The molecule has 1 atom stereocenters. The van der Waals surface area contributed by atoms with Crippen LogP contribution in [0.2, 0.25) is 4.47 Å². The van der Waals surface area contributed by atoms with Gasteiger partial charge in [-0.2, -0.15) is 0 Å². The lowest BCUT2D eigenvalue weighted by atomic mass is 9.92. The Balaban J connectivity index is 2.09. The molecule has 0 saturated carbocycles. The van der Waals surface area contributed by atoms with Gasteiger partial charge in [0, 0.05) is 23.5 Å². The summed E-state index contributed by atoms with van der Waals surface area (Å²) in [7, 11) is 0. The molecular weight excluding hydrogens is 262 g/mol. The average molecular weight is 274 g/mol. The molecule has 92 valence electrons. The first-order valence-electron chi connectivity index (χ1n) is 5.34. The molecule has 5 nitrogen and oxygen atoms in total. The number of halogens is 1. The number of hydrogen-bond donors (Lipinski definition) is 1. The van der Waals surface area contributed by atoms with E-state index in [9.17, 15) is 10.1 Å². The van der Waals surface area contributed by atoms with E-state index in [1.54, 1.807) is 6.20 Å². The van der Waals surface area contributed by atoms with Gasteiger partial charge in [0.05, 0.1) is 10.6 Å². The first-order chi connectivity index (χ1) is 8.15. The lowest BCUT2D eigenvalue weighted by molar-refractivity contribution is -0.404. The van der Waals surface area contributed by atoms with Crippen molar-refractivity contribution in [1.82, 2.24) is 10.3 Å². The smallest absolute Gasteiger partial charge is 0.253 e. The minimum atomic E-state index is -0.402. The fourth-order valence-corrected chi connectivity index (χ4v) is 3.04. The standard InChI is InChI=1S/C10H12ClN3O2S/c11-10-13-5-8(17-10)4-7-2-1-3-12-9(7)6-14(15)16/h5-7,12H,1-4H2. The topological polar surface area (TPSA) is 68.1 Å². The summed E-state index contributed by atoms with van der Waals surface area (Å²) < 4.78 is 0.517. The molecule has 1 saturated heterocycles. The molecule has 1 aromatic heterocycles. The Hall–Kier alpha value is -1.14. The molecular formula is C10H12ClN3O2S. The second-order valence-electron chi connectivity index (χ2n) is 3.92. The molecule has 0 aliphatic carbocycles. The highest BCUT2D eigenvalue weighted by Gasteiger charge is 2.22. The molecule has 2 rings (SSSR count). The van der Waals surface area contributed by atoms with E-state index in [0.29, 0.717) is 10.2 Å². The van der Waals surface area contributed by atoms with Crippen molar-refractivity contribution >= 4 is 22.9 Å². The lowest BCUT2D eigenvalue weighted by Crippen LogP contribution is -2.29. The summed E-state index contributed by atoms with van der Waals surface area (Å²) in [5, 5.41) is 13.6. The molecule has 1 aliphatic heterocycles. The maximum atomic E-state index is 10.5. The van der Waals surface area contributed by atoms with Gasteiger partial charge >= 0.3 is 0 Å². The van der Waals surface area contributed by atoms with Gasteiger partial charge in [-0.1, -0.05) is 11.6 Å². The molecule has 1 unspecified atom stereocenters. The van der Waals surface area contributed by atoms with Crippen molar-refractivity contribution in [2.24, 2.45) is 5.92 Å². The van der Waals surface area contributed by atoms with Crippen LogP contribution in [0.25, 0.3) is 0 Å². The molecule has 0 aromatic carbocycles. The van der Waals surface area contributed by atoms with E-state index in [4.69, 9.17) is 11.6 Å². The zero-order valence-electron chi connectivity index (χ0n) is 9.06. The zero-order chi connectivity index (χ0) is 12.3. The molecule has 1 N–H and O–H groups in total. The Kier molecular flexibility index (Phi) is 3.96. The molecule has 17 heavy (non-hydrogen) atoms. The lowest BCUT2D eigenvalue weighted by Gasteiger charge is -2.24. The Labute approximate surface area is 108 Å². The molecule has 1 aliphatic rings. The summed E-state index contributed by atoms with van der Waals surface area (Å²) in [5.41, 5.74) is 0.714. The predicted octanol–water partition coefficient (Wildman–Crippen LogP) is 2.46. The Bertz CT molecular complexity index is 447. The van der Waals surface area contributed by atoms with Crippen molar-refractivity contribution in [1.29, 1.82) is 0 Å².